The van der Waals surface area contributed by atoms with E-state index in [4.69, 9.17) is 0 Å². The molecule has 0 amide bonds. The molecule has 1 N–H and O–H groups in total. The van der Waals surface area contributed by atoms with E-state index in [0.717, 1.165) is 30.5 Å². The Bertz CT molecular complexity index is 534. The lowest BCUT2D eigenvalue weighted by Crippen LogP contribution is -2.16. The van der Waals surface area contributed by atoms with Crippen molar-refractivity contribution in [2.45, 2.75) is 39.9 Å². The maximum absolute atomic E-state index is 4.56. The van der Waals surface area contributed by atoms with Gasteiger partial charge in [0, 0.05) is 24.1 Å². The van der Waals surface area contributed by atoms with Crippen LogP contribution in [-0.2, 0) is 26.1 Å². The molecule has 0 aliphatic heterocycles. The van der Waals surface area contributed by atoms with Gasteiger partial charge in [-0.3, -0.25) is 4.68 Å². The summed E-state index contributed by atoms with van der Waals surface area (Å²) in [7, 11) is 0. The Hall–Kier alpha value is -1.13. The van der Waals surface area contributed by atoms with Crippen LogP contribution in [0.2, 0.25) is 0 Å². The summed E-state index contributed by atoms with van der Waals surface area (Å²) in [4.78, 5) is 0. The predicted molar refractivity (Wildman–Crippen MR) is 82.0 cm³/mol. The number of aromatic nitrogens is 2. The van der Waals surface area contributed by atoms with Gasteiger partial charge < -0.3 is 5.32 Å². The molecule has 0 aliphatic rings. The number of rotatable bonds is 6. The highest BCUT2D eigenvalue weighted by Crippen LogP contribution is 2.15. The molecule has 19 heavy (non-hydrogen) atoms. The van der Waals surface area contributed by atoms with E-state index in [0.29, 0.717) is 0 Å². The van der Waals surface area contributed by atoms with E-state index in [1.165, 1.54) is 17.0 Å². The molecule has 0 radical (unpaired) electrons. The first-order valence-corrected chi connectivity index (χ1v) is 7.53. The minimum atomic E-state index is 0.849. The zero-order valence-electron chi connectivity index (χ0n) is 11.5. The Kier molecular flexibility index (Phi) is 5.16. The molecule has 102 valence electrons. The number of hydrogen-bond acceptors (Lipinski definition) is 2. The third-order valence-corrected chi connectivity index (χ3v) is 3.93. The summed E-state index contributed by atoms with van der Waals surface area (Å²) in [6.45, 7) is 6.90. The number of hydrogen-bond donors (Lipinski definition) is 1. The Balaban J connectivity index is 1.96. The van der Waals surface area contributed by atoms with E-state index in [2.05, 4.69) is 69.1 Å². The molecule has 0 fully saturated rings. The van der Waals surface area contributed by atoms with Crippen molar-refractivity contribution in [2.24, 2.45) is 0 Å². The molecule has 3 nitrogen and oxygen atoms in total. The van der Waals surface area contributed by atoms with Crippen LogP contribution in [0.3, 0.4) is 0 Å². The lowest BCUT2D eigenvalue weighted by Gasteiger charge is -2.08. The van der Waals surface area contributed by atoms with Crippen molar-refractivity contribution in [3.8, 4) is 0 Å². The quantitative estimate of drug-likeness (QED) is 0.882. The molecular formula is C15H20BrN3. The van der Waals surface area contributed by atoms with Crippen LogP contribution in [0.4, 0.5) is 0 Å². The van der Waals surface area contributed by atoms with E-state index in [-0.39, 0.29) is 0 Å². The molecule has 2 rings (SSSR count). The van der Waals surface area contributed by atoms with Crippen LogP contribution < -0.4 is 5.32 Å². The molecule has 0 atom stereocenters. The Morgan fingerprint density at radius 2 is 2.00 bits per heavy atom. The Morgan fingerprint density at radius 3 is 2.68 bits per heavy atom. The maximum Gasteiger partial charge on any atom is 0.0625 e. The van der Waals surface area contributed by atoms with Crippen molar-refractivity contribution in [2.75, 3.05) is 0 Å². The minimum absolute atomic E-state index is 0.849. The average molecular weight is 322 g/mol. The first-order chi connectivity index (χ1) is 9.24. The fourth-order valence-corrected chi connectivity index (χ4v) is 2.50. The van der Waals surface area contributed by atoms with Gasteiger partial charge in [0.15, 0.2) is 0 Å². The summed E-state index contributed by atoms with van der Waals surface area (Å²) < 4.78 is 3.23. The molecule has 0 aliphatic carbocycles. The van der Waals surface area contributed by atoms with E-state index in [1.807, 2.05) is 6.07 Å². The van der Waals surface area contributed by atoms with Crippen molar-refractivity contribution >= 4 is 15.9 Å². The van der Waals surface area contributed by atoms with Crippen molar-refractivity contribution in [3.63, 3.8) is 0 Å². The third-order valence-electron chi connectivity index (χ3n) is 3.16. The van der Waals surface area contributed by atoms with Gasteiger partial charge in [0.25, 0.3) is 0 Å². The molecule has 0 bridgehead atoms. The molecule has 1 aromatic carbocycles. The van der Waals surface area contributed by atoms with Gasteiger partial charge >= 0.3 is 0 Å². The molecule has 2 aromatic rings. The first kappa shape index (κ1) is 14.3. The highest BCUT2D eigenvalue weighted by Gasteiger charge is 2.05. The molecule has 0 spiro atoms. The van der Waals surface area contributed by atoms with Crippen LogP contribution in [0.25, 0.3) is 0 Å². The van der Waals surface area contributed by atoms with Gasteiger partial charge in [0.05, 0.1) is 11.4 Å². The van der Waals surface area contributed by atoms with Crippen molar-refractivity contribution in [3.05, 3.63) is 51.8 Å². The second kappa shape index (κ2) is 6.87. The van der Waals surface area contributed by atoms with Crippen LogP contribution in [0.5, 0.6) is 0 Å². The van der Waals surface area contributed by atoms with Gasteiger partial charge in [-0.1, -0.05) is 41.1 Å². The van der Waals surface area contributed by atoms with Gasteiger partial charge in [-0.05, 0) is 31.0 Å². The maximum atomic E-state index is 4.56. The Labute approximate surface area is 123 Å². The number of halogens is 1. The van der Waals surface area contributed by atoms with E-state index in [1.54, 1.807) is 0 Å². The Morgan fingerprint density at radius 1 is 1.21 bits per heavy atom. The molecular weight excluding hydrogens is 302 g/mol. The second-order valence-corrected chi connectivity index (χ2v) is 5.35. The van der Waals surface area contributed by atoms with Crippen molar-refractivity contribution < 1.29 is 0 Å². The average Bonchev–Trinajstić information content (AvgIpc) is 2.83. The summed E-state index contributed by atoms with van der Waals surface area (Å²) in [5.41, 5.74) is 3.70. The largest absolute Gasteiger partial charge is 0.307 e. The molecule has 1 heterocycles. The van der Waals surface area contributed by atoms with E-state index >= 15 is 0 Å². The summed E-state index contributed by atoms with van der Waals surface area (Å²) >= 11 is 3.57. The van der Waals surface area contributed by atoms with Crippen LogP contribution >= 0.6 is 15.9 Å². The third kappa shape index (κ3) is 3.67. The smallest absolute Gasteiger partial charge is 0.0625 e. The molecule has 0 saturated heterocycles. The normalized spacial score (nSPS) is 10.9. The van der Waals surface area contributed by atoms with Gasteiger partial charge in [0.1, 0.15) is 0 Å². The van der Waals surface area contributed by atoms with Gasteiger partial charge in [-0.2, -0.15) is 5.10 Å². The number of nitrogens with zero attached hydrogens (tertiary/aromatic N) is 2. The zero-order valence-corrected chi connectivity index (χ0v) is 13.1. The predicted octanol–water partition coefficient (Wildman–Crippen LogP) is 3.52. The van der Waals surface area contributed by atoms with Gasteiger partial charge in [-0.25, -0.2) is 0 Å². The van der Waals surface area contributed by atoms with Gasteiger partial charge in [-0.15, -0.1) is 0 Å². The van der Waals surface area contributed by atoms with Gasteiger partial charge in [0.2, 0.25) is 0 Å². The van der Waals surface area contributed by atoms with Crippen LogP contribution in [0, 0.1) is 0 Å². The molecule has 0 unspecified atom stereocenters. The topological polar surface area (TPSA) is 29.9 Å². The number of aryl methyl sites for hydroxylation is 2. The summed E-state index contributed by atoms with van der Waals surface area (Å²) in [6, 6.07) is 10.5. The van der Waals surface area contributed by atoms with Crippen molar-refractivity contribution in [1.29, 1.82) is 0 Å². The standard InChI is InChI=1S/C15H20BrN3/c1-3-13-9-14(19(4-2)18-13)11-17-10-12-7-5-6-8-15(12)16/h5-9,17H,3-4,10-11H2,1-2H3. The van der Waals surface area contributed by atoms with E-state index in [9.17, 15) is 0 Å². The highest BCUT2D eigenvalue weighted by molar-refractivity contribution is 9.10. The minimum Gasteiger partial charge on any atom is -0.307 e. The monoisotopic (exact) mass is 321 g/mol. The first-order valence-electron chi connectivity index (χ1n) is 6.74. The van der Waals surface area contributed by atoms with Crippen LogP contribution in [0.1, 0.15) is 30.8 Å². The fourth-order valence-electron chi connectivity index (χ4n) is 2.07. The zero-order chi connectivity index (χ0) is 13.7. The number of nitrogens with one attached hydrogen (secondary N) is 1. The highest BCUT2D eigenvalue weighted by atomic mass is 79.9. The second-order valence-electron chi connectivity index (χ2n) is 4.49. The van der Waals surface area contributed by atoms with Crippen molar-refractivity contribution in [1.82, 2.24) is 15.1 Å². The lowest BCUT2D eigenvalue weighted by molar-refractivity contribution is 0.577. The molecule has 1 aromatic heterocycles. The van der Waals surface area contributed by atoms with E-state index < -0.39 is 0 Å². The summed E-state index contributed by atoms with van der Waals surface area (Å²) in [6.07, 6.45) is 0.990. The molecule has 4 heteroatoms. The lowest BCUT2D eigenvalue weighted by atomic mass is 10.2. The molecule has 0 saturated carbocycles. The number of benzene rings is 1. The van der Waals surface area contributed by atoms with Crippen LogP contribution in [-0.4, -0.2) is 9.78 Å². The SMILES string of the molecule is CCc1cc(CNCc2ccccc2Br)n(CC)n1. The summed E-state index contributed by atoms with van der Waals surface area (Å²) in [5, 5.41) is 8.04. The fraction of sp³-hybridized carbons (Fsp3) is 0.400. The van der Waals surface area contributed by atoms with Crippen LogP contribution in [0.15, 0.2) is 34.8 Å². The summed E-state index contributed by atoms with van der Waals surface area (Å²) in [5.74, 6) is 0.